The zero-order valence-corrected chi connectivity index (χ0v) is 9.75. The third-order valence-electron chi connectivity index (χ3n) is 2.76. The van der Waals surface area contributed by atoms with Gasteiger partial charge in [-0.05, 0) is 26.8 Å². The van der Waals surface area contributed by atoms with Gasteiger partial charge in [-0.1, -0.05) is 6.92 Å². The van der Waals surface area contributed by atoms with Crippen LogP contribution in [0.2, 0.25) is 0 Å². The van der Waals surface area contributed by atoms with E-state index < -0.39 is 0 Å². The lowest BCUT2D eigenvalue weighted by atomic mass is 10.2. The molecule has 0 aromatic rings. The van der Waals surface area contributed by atoms with Crippen LogP contribution in [0.1, 0.15) is 27.2 Å². The molecule has 84 valence electrons. The summed E-state index contributed by atoms with van der Waals surface area (Å²) < 4.78 is 5.52. The molecule has 0 radical (unpaired) electrons. The fourth-order valence-electron chi connectivity index (χ4n) is 1.86. The van der Waals surface area contributed by atoms with Crippen LogP contribution in [0.25, 0.3) is 0 Å². The molecule has 0 aromatic carbocycles. The molecule has 1 heterocycles. The highest BCUT2D eigenvalue weighted by atomic mass is 16.5. The van der Waals surface area contributed by atoms with Crippen LogP contribution in [-0.2, 0) is 4.74 Å². The molecular formula is C11H24N2O. The van der Waals surface area contributed by atoms with Gasteiger partial charge in [0, 0.05) is 25.7 Å². The first kappa shape index (κ1) is 12.0. The molecule has 1 aliphatic rings. The third kappa shape index (κ3) is 3.95. The summed E-state index contributed by atoms with van der Waals surface area (Å²) in [5.41, 5.74) is 0. The Morgan fingerprint density at radius 2 is 2.36 bits per heavy atom. The molecule has 2 atom stereocenters. The summed E-state index contributed by atoms with van der Waals surface area (Å²) in [5.74, 6) is 0. The first-order valence-electron chi connectivity index (χ1n) is 5.80. The van der Waals surface area contributed by atoms with Crippen molar-refractivity contribution in [3.8, 4) is 0 Å². The Morgan fingerprint density at radius 3 is 3.00 bits per heavy atom. The number of nitrogens with one attached hydrogen (secondary N) is 1. The van der Waals surface area contributed by atoms with E-state index >= 15 is 0 Å². The molecule has 3 nitrogen and oxygen atoms in total. The lowest BCUT2D eigenvalue weighted by molar-refractivity contribution is -0.0311. The van der Waals surface area contributed by atoms with Crippen molar-refractivity contribution in [2.45, 2.75) is 39.3 Å². The minimum Gasteiger partial charge on any atom is -0.376 e. The molecule has 1 rings (SSSR count). The zero-order chi connectivity index (χ0) is 10.4. The van der Waals surface area contributed by atoms with Crippen LogP contribution in [0.3, 0.4) is 0 Å². The first-order valence-corrected chi connectivity index (χ1v) is 5.80. The maximum Gasteiger partial charge on any atom is 0.0674 e. The number of rotatable bonds is 5. The van der Waals surface area contributed by atoms with Gasteiger partial charge in [0.15, 0.2) is 0 Å². The van der Waals surface area contributed by atoms with Gasteiger partial charge in [0.05, 0.1) is 12.7 Å². The van der Waals surface area contributed by atoms with Gasteiger partial charge < -0.3 is 10.1 Å². The topological polar surface area (TPSA) is 24.5 Å². The molecular weight excluding hydrogens is 176 g/mol. The van der Waals surface area contributed by atoms with Crippen molar-refractivity contribution in [1.29, 1.82) is 0 Å². The van der Waals surface area contributed by atoms with Crippen LogP contribution in [0.4, 0.5) is 0 Å². The second kappa shape index (κ2) is 6.38. The SMILES string of the molecule is CCCNCC(C)N1CCOC(C)C1. The van der Waals surface area contributed by atoms with E-state index in [1.807, 2.05) is 0 Å². The Hall–Kier alpha value is -0.120. The summed E-state index contributed by atoms with van der Waals surface area (Å²) in [7, 11) is 0. The van der Waals surface area contributed by atoms with Crippen molar-refractivity contribution in [1.82, 2.24) is 10.2 Å². The van der Waals surface area contributed by atoms with Crippen LogP contribution in [0.15, 0.2) is 0 Å². The Bertz CT molecular complexity index is 152. The third-order valence-corrected chi connectivity index (χ3v) is 2.76. The molecule has 3 heteroatoms. The Morgan fingerprint density at radius 1 is 1.57 bits per heavy atom. The van der Waals surface area contributed by atoms with Gasteiger partial charge in [-0.15, -0.1) is 0 Å². The number of ether oxygens (including phenoxy) is 1. The van der Waals surface area contributed by atoms with Crippen molar-refractivity contribution in [2.75, 3.05) is 32.8 Å². The zero-order valence-electron chi connectivity index (χ0n) is 9.75. The quantitative estimate of drug-likeness (QED) is 0.673. The van der Waals surface area contributed by atoms with E-state index in [1.165, 1.54) is 6.42 Å². The summed E-state index contributed by atoms with van der Waals surface area (Å²) in [6.07, 6.45) is 1.61. The number of morpholine rings is 1. The van der Waals surface area contributed by atoms with E-state index in [2.05, 4.69) is 31.0 Å². The normalized spacial score (nSPS) is 26.4. The molecule has 1 fully saturated rings. The van der Waals surface area contributed by atoms with E-state index in [0.29, 0.717) is 12.1 Å². The monoisotopic (exact) mass is 200 g/mol. The van der Waals surface area contributed by atoms with Crippen molar-refractivity contribution < 1.29 is 4.74 Å². The summed E-state index contributed by atoms with van der Waals surface area (Å²) in [4.78, 5) is 2.51. The maximum atomic E-state index is 5.52. The molecule has 1 aliphatic heterocycles. The van der Waals surface area contributed by atoms with E-state index in [9.17, 15) is 0 Å². The molecule has 0 aliphatic carbocycles. The lowest BCUT2D eigenvalue weighted by Crippen LogP contribution is -2.49. The van der Waals surface area contributed by atoms with E-state index in [4.69, 9.17) is 4.74 Å². The van der Waals surface area contributed by atoms with Crippen LogP contribution < -0.4 is 5.32 Å². The van der Waals surface area contributed by atoms with Crippen LogP contribution in [0, 0.1) is 0 Å². The Balaban J connectivity index is 2.18. The van der Waals surface area contributed by atoms with Gasteiger partial charge in [-0.25, -0.2) is 0 Å². The minimum atomic E-state index is 0.400. The predicted molar refractivity (Wildman–Crippen MR) is 59.6 cm³/mol. The first-order chi connectivity index (χ1) is 6.74. The fourth-order valence-corrected chi connectivity index (χ4v) is 1.86. The van der Waals surface area contributed by atoms with Crippen molar-refractivity contribution in [3.05, 3.63) is 0 Å². The lowest BCUT2D eigenvalue weighted by Gasteiger charge is -2.35. The number of hydrogen-bond acceptors (Lipinski definition) is 3. The number of hydrogen-bond donors (Lipinski definition) is 1. The Kier molecular flexibility index (Phi) is 5.45. The molecule has 0 aromatic heterocycles. The van der Waals surface area contributed by atoms with E-state index in [1.54, 1.807) is 0 Å². The standard InChI is InChI=1S/C11H24N2O/c1-4-5-12-8-10(2)13-6-7-14-11(3)9-13/h10-12H,4-9H2,1-3H3. The largest absolute Gasteiger partial charge is 0.376 e. The number of nitrogens with zero attached hydrogens (tertiary/aromatic N) is 1. The highest BCUT2D eigenvalue weighted by Crippen LogP contribution is 2.07. The van der Waals surface area contributed by atoms with Gasteiger partial charge in [0.25, 0.3) is 0 Å². The minimum absolute atomic E-state index is 0.400. The van der Waals surface area contributed by atoms with Crippen molar-refractivity contribution in [2.24, 2.45) is 0 Å². The van der Waals surface area contributed by atoms with Crippen molar-refractivity contribution in [3.63, 3.8) is 0 Å². The Labute approximate surface area is 87.8 Å². The van der Waals surface area contributed by atoms with E-state index in [0.717, 1.165) is 32.8 Å². The molecule has 1 N–H and O–H groups in total. The van der Waals surface area contributed by atoms with E-state index in [-0.39, 0.29) is 0 Å². The smallest absolute Gasteiger partial charge is 0.0674 e. The van der Waals surface area contributed by atoms with Crippen LogP contribution in [-0.4, -0.2) is 49.8 Å². The van der Waals surface area contributed by atoms with Gasteiger partial charge in [-0.2, -0.15) is 0 Å². The van der Waals surface area contributed by atoms with Gasteiger partial charge >= 0.3 is 0 Å². The van der Waals surface area contributed by atoms with Crippen LogP contribution >= 0.6 is 0 Å². The molecule has 1 saturated heterocycles. The molecule has 14 heavy (non-hydrogen) atoms. The predicted octanol–water partition coefficient (Wildman–Crippen LogP) is 1.10. The molecule has 0 bridgehead atoms. The van der Waals surface area contributed by atoms with Crippen LogP contribution in [0.5, 0.6) is 0 Å². The van der Waals surface area contributed by atoms with Gasteiger partial charge in [0.2, 0.25) is 0 Å². The van der Waals surface area contributed by atoms with Crippen molar-refractivity contribution >= 4 is 0 Å². The summed E-state index contributed by atoms with van der Waals surface area (Å²) in [5, 5.41) is 3.46. The summed E-state index contributed by atoms with van der Waals surface area (Å²) >= 11 is 0. The fraction of sp³-hybridized carbons (Fsp3) is 1.00. The molecule has 0 spiro atoms. The highest BCUT2D eigenvalue weighted by molar-refractivity contribution is 4.75. The average molecular weight is 200 g/mol. The van der Waals surface area contributed by atoms with Gasteiger partial charge in [0.1, 0.15) is 0 Å². The maximum absolute atomic E-state index is 5.52. The summed E-state index contributed by atoms with van der Waals surface area (Å²) in [6.45, 7) is 11.9. The molecule has 0 saturated carbocycles. The molecule has 2 unspecified atom stereocenters. The second-order valence-electron chi connectivity index (χ2n) is 4.23. The average Bonchev–Trinajstić information content (AvgIpc) is 2.18. The second-order valence-corrected chi connectivity index (χ2v) is 4.23. The van der Waals surface area contributed by atoms with Gasteiger partial charge in [-0.3, -0.25) is 4.90 Å². The highest BCUT2D eigenvalue weighted by Gasteiger charge is 2.20. The molecule has 0 amide bonds. The summed E-state index contributed by atoms with van der Waals surface area (Å²) in [6, 6.07) is 0.632.